The van der Waals surface area contributed by atoms with Crippen molar-refractivity contribution >= 4 is 34.9 Å². The molecule has 0 bridgehead atoms. The van der Waals surface area contributed by atoms with Crippen LogP contribution in [-0.4, -0.2) is 28.9 Å². The highest BCUT2D eigenvalue weighted by atomic mass is 35.5. The van der Waals surface area contributed by atoms with Crippen LogP contribution in [0.1, 0.15) is 40.7 Å². The predicted octanol–water partition coefficient (Wildman–Crippen LogP) is 5.74. The number of halogens is 1. The average Bonchev–Trinajstić information content (AvgIpc) is 3.44. The minimum absolute atomic E-state index is 0. The maximum absolute atomic E-state index is 12.8. The lowest BCUT2D eigenvalue weighted by Crippen LogP contribution is -2.28. The predicted molar refractivity (Wildman–Crippen MR) is 141 cm³/mol. The fourth-order valence-electron chi connectivity index (χ4n) is 5.31. The quantitative estimate of drug-likeness (QED) is 0.332. The van der Waals surface area contributed by atoms with Gasteiger partial charge in [0, 0.05) is 40.9 Å². The molecule has 0 aliphatic carbocycles. The van der Waals surface area contributed by atoms with Crippen LogP contribution in [0.5, 0.6) is 0 Å². The van der Waals surface area contributed by atoms with Gasteiger partial charge in [-0.1, -0.05) is 36.8 Å². The second-order valence-corrected chi connectivity index (χ2v) is 9.26. The number of nitrogens with zero attached hydrogens (tertiary/aromatic N) is 1. The molecular formula is C28H29ClN4O. The Bertz CT molecular complexity index is 1350. The smallest absolute Gasteiger partial charge is 0.252 e. The summed E-state index contributed by atoms with van der Waals surface area (Å²) in [4.78, 5) is 18.9. The summed E-state index contributed by atoms with van der Waals surface area (Å²) in [5.41, 5.74) is 14.9. The summed E-state index contributed by atoms with van der Waals surface area (Å²) in [6.45, 7) is 3.93. The van der Waals surface area contributed by atoms with E-state index in [4.69, 9.17) is 5.73 Å². The van der Waals surface area contributed by atoms with E-state index in [2.05, 4.69) is 51.6 Å². The van der Waals surface area contributed by atoms with Gasteiger partial charge in [0.2, 0.25) is 0 Å². The molecule has 174 valence electrons. The first-order chi connectivity index (χ1) is 16.2. The van der Waals surface area contributed by atoms with Crippen LogP contribution < -0.4 is 11.1 Å². The second-order valence-electron chi connectivity index (χ2n) is 9.26. The summed E-state index contributed by atoms with van der Waals surface area (Å²) in [6, 6.07) is 20.9. The Kier molecular flexibility index (Phi) is 6.07. The molecule has 6 rings (SSSR count). The van der Waals surface area contributed by atoms with Crippen LogP contribution in [0, 0.1) is 0 Å². The lowest BCUT2D eigenvalue weighted by atomic mass is 9.92. The first-order valence-electron chi connectivity index (χ1n) is 11.8. The highest BCUT2D eigenvalue weighted by Crippen LogP contribution is 2.37. The number of hydrogen-bond acceptors (Lipinski definition) is 3. The van der Waals surface area contributed by atoms with E-state index in [0.717, 1.165) is 51.3 Å². The number of amides is 1. The second kappa shape index (κ2) is 9.16. The van der Waals surface area contributed by atoms with E-state index >= 15 is 0 Å². The van der Waals surface area contributed by atoms with Gasteiger partial charge in [-0.3, -0.25) is 9.69 Å². The summed E-state index contributed by atoms with van der Waals surface area (Å²) in [7, 11) is 0. The summed E-state index contributed by atoms with van der Waals surface area (Å²) in [5.74, 6) is -0.0123. The Morgan fingerprint density at radius 2 is 1.65 bits per heavy atom. The van der Waals surface area contributed by atoms with E-state index in [-0.39, 0.29) is 18.3 Å². The molecule has 2 aliphatic heterocycles. The largest absolute Gasteiger partial charge is 0.399 e. The van der Waals surface area contributed by atoms with Crippen LogP contribution in [0.3, 0.4) is 0 Å². The first-order valence-corrected chi connectivity index (χ1v) is 11.8. The van der Waals surface area contributed by atoms with Crippen molar-refractivity contribution < 1.29 is 4.79 Å². The number of carbonyl (C=O) groups excluding carboxylic acids is 1. The van der Waals surface area contributed by atoms with E-state index < -0.39 is 0 Å². The van der Waals surface area contributed by atoms with Crippen LogP contribution in [-0.2, 0) is 13.1 Å². The Labute approximate surface area is 205 Å². The number of likely N-dealkylation sites (tertiary alicyclic amines) is 1. The molecule has 2 aliphatic rings. The van der Waals surface area contributed by atoms with Gasteiger partial charge in [-0.05, 0) is 78.5 Å². The van der Waals surface area contributed by atoms with Crippen LogP contribution >= 0.6 is 12.4 Å². The van der Waals surface area contributed by atoms with Crippen molar-refractivity contribution in [1.82, 2.24) is 15.2 Å². The molecule has 5 nitrogen and oxygen atoms in total. The van der Waals surface area contributed by atoms with Crippen LogP contribution in [0.15, 0.2) is 60.7 Å². The lowest BCUT2D eigenvalue weighted by molar-refractivity contribution is 0.0966. The molecule has 4 aromatic rings. The molecule has 1 fully saturated rings. The van der Waals surface area contributed by atoms with Gasteiger partial charge in [-0.15, -0.1) is 12.4 Å². The SMILES string of the molecule is Cl.Nc1ccc(-c2ccc(-c3cc4cc(CN5CCCCC5)ccc4[nH]3)c3c2CNC3=O)cc1. The standard InChI is InChI=1S/C28H28N4O.ClH/c29-21-7-5-19(6-8-21)22-9-10-23(27-24(22)16-30-28(27)33)26-15-20-14-18(4-11-25(20)31-26)17-32-12-2-1-3-13-32;/h4-11,14-15,31H,1-3,12-13,16-17,29H2,(H,30,33);1H. The van der Waals surface area contributed by atoms with Crippen molar-refractivity contribution in [3.05, 3.63) is 77.4 Å². The van der Waals surface area contributed by atoms with Gasteiger partial charge in [-0.25, -0.2) is 0 Å². The zero-order valence-corrected chi connectivity index (χ0v) is 19.9. The van der Waals surface area contributed by atoms with E-state index in [1.54, 1.807) is 0 Å². The molecule has 1 saturated heterocycles. The monoisotopic (exact) mass is 472 g/mol. The third-order valence-corrected chi connectivity index (χ3v) is 7.02. The zero-order chi connectivity index (χ0) is 22.4. The lowest BCUT2D eigenvalue weighted by Gasteiger charge is -2.26. The highest BCUT2D eigenvalue weighted by molar-refractivity contribution is 6.07. The molecule has 3 heterocycles. The number of H-pyrrole nitrogens is 1. The minimum atomic E-state index is -0.0123. The third kappa shape index (κ3) is 4.06. The van der Waals surface area contributed by atoms with Gasteiger partial charge >= 0.3 is 0 Å². The highest BCUT2D eigenvalue weighted by Gasteiger charge is 2.27. The van der Waals surface area contributed by atoms with Gasteiger partial charge in [0.15, 0.2) is 0 Å². The first kappa shape index (κ1) is 22.5. The molecule has 1 aromatic heterocycles. The Balaban J connectivity index is 0.00000241. The number of nitrogens with one attached hydrogen (secondary N) is 2. The molecule has 4 N–H and O–H groups in total. The van der Waals surface area contributed by atoms with E-state index in [1.165, 1.54) is 43.3 Å². The van der Waals surface area contributed by atoms with E-state index in [1.807, 2.05) is 24.3 Å². The summed E-state index contributed by atoms with van der Waals surface area (Å²) < 4.78 is 0. The van der Waals surface area contributed by atoms with E-state index in [0.29, 0.717) is 6.54 Å². The maximum Gasteiger partial charge on any atom is 0.252 e. The molecule has 0 unspecified atom stereocenters. The number of piperidine rings is 1. The summed E-state index contributed by atoms with van der Waals surface area (Å²) in [5, 5.41) is 4.21. The van der Waals surface area contributed by atoms with Gasteiger partial charge in [0.05, 0.1) is 5.56 Å². The molecule has 0 radical (unpaired) electrons. The molecule has 0 spiro atoms. The third-order valence-electron chi connectivity index (χ3n) is 7.02. The molecule has 6 heteroatoms. The summed E-state index contributed by atoms with van der Waals surface area (Å²) >= 11 is 0. The van der Waals surface area contributed by atoms with Crippen molar-refractivity contribution in [1.29, 1.82) is 0 Å². The normalized spacial score (nSPS) is 15.7. The molecule has 0 atom stereocenters. The molecular weight excluding hydrogens is 444 g/mol. The Morgan fingerprint density at radius 3 is 2.44 bits per heavy atom. The van der Waals surface area contributed by atoms with Gasteiger partial charge in [0.1, 0.15) is 0 Å². The Morgan fingerprint density at radius 1 is 0.882 bits per heavy atom. The number of hydrogen-bond donors (Lipinski definition) is 3. The van der Waals surface area contributed by atoms with Crippen molar-refractivity contribution in [2.45, 2.75) is 32.4 Å². The van der Waals surface area contributed by atoms with Gasteiger partial charge in [0.25, 0.3) is 5.91 Å². The number of benzene rings is 3. The molecule has 34 heavy (non-hydrogen) atoms. The molecule has 3 aromatic carbocycles. The van der Waals surface area contributed by atoms with Crippen LogP contribution in [0.2, 0.25) is 0 Å². The number of nitrogens with two attached hydrogens (primary N) is 1. The number of carbonyl (C=O) groups is 1. The van der Waals surface area contributed by atoms with Crippen molar-refractivity contribution in [2.75, 3.05) is 18.8 Å². The fraction of sp³-hybridized carbons (Fsp3) is 0.250. The number of fused-ring (bicyclic) bond motifs is 2. The topological polar surface area (TPSA) is 74.2 Å². The van der Waals surface area contributed by atoms with Crippen LogP contribution in [0.4, 0.5) is 5.69 Å². The van der Waals surface area contributed by atoms with Gasteiger partial charge in [-0.2, -0.15) is 0 Å². The number of nitrogen functional groups attached to an aromatic ring is 1. The molecule has 1 amide bonds. The van der Waals surface area contributed by atoms with Crippen molar-refractivity contribution in [2.24, 2.45) is 0 Å². The zero-order valence-electron chi connectivity index (χ0n) is 19.1. The van der Waals surface area contributed by atoms with Crippen LogP contribution in [0.25, 0.3) is 33.3 Å². The summed E-state index contributed by atoms with van der Waals surface area (Å²) in [6.07, 6.45) is 3.96. The average molecular weight is 473 g/mol. The number of aromatic nitrogens is 1. The molecule has 0 saturated carbocycles. The van der Waals surface area contributed by atoms with Crippen molar-refractivity contribution in [3.8, 4) is 22.4 Å². The Hall–Kier alpha value is -3.28. The minimum Gasteiger partial charge on any atom is -0.399 e. The van der Waals surface area contributed by atoms with Crippen molar-refractivity contribution in [3.63, 3.8) is 0 Å². The number of rotatable bonds is 4. The fourth-order valence-corrected chi connectivity index (χ4v) is 5.31. The number of anilines is 1. The van der Waals surface area contributed by atoms with Gasteiger partial charge < -0.3 is 16.0 Å². The maximum atomic E-state index is 12.8. The van der Waals surface area contributed by atoms with E-state index in [9.17, 15) is 4.79 Å². The number of aromatic amines is 1.